The second kappa shape index (κ2) is 13.4. The smallest absolute Gasteiger partial charge is 0.164 e. The van der Waals surface area contributed by atoms with E-state index in [4.69, 9.17) is 19.9 Å². The summed E-state index contributed by atoms with van der Waals surface area (Å²) in [4.78, 5) is 20.3. The van der Waals surface area contributed by atoms with E-state index in [0.29, 0.717) is 17.5 Å². The van der Waals surface area contributed by atoms with Gasteiger partial charge >= 0.3 is 0 Å². The Balaban J connectivity index is 1.19. The Kier molecular flexibility index (Phi) is 7.77. The van der Waals surface area contributed by atoms with Gasteiger partial charge in [0.05, 0.1) is 11.2 Å². The van der Waals surface area contributed by atoms with Crippen LogP contribution < -0.4 is 0 Å². The standard InChI is InChI=1S/C50H32N4/c1-4-15-34(16-5-1)43-31-45-44(32-46(51-47(45)42-25-13-12-24-40(42)43)41-26-14-22-33-17-10-11-23-39(33)41)35-27-29-38(30-28-35)50-53-48(36-18-6-2-7-19-36)52-49(54-50)37-20-8-3-9-21-37/h1-32H. The maximum Gasteiger partial charge on any atom is 0.164 e. The average molecular weight is 689 g/mol. The fourth-order valence-electron chi connectivity index (χ4n) is 7.47. The van der Waals surface area contributed by atoms with Gasteiger partial charge in [-0.1, -0.05) is 182 Å². The fraction of sp³-hybridized carbons (Fsp3) is 0. The molecule has 54 heavy (non-hydrogen) atoms. The number of hydrogen-bond donors (Lipinski definition) is 0. The zero-order chi connectivity index (χ0) is 35.8. The van der Waals surface area contributed by atoms with E-state index in [1.165, 1.54) is 27.3 Å². The summed E-state index contributed by atoms with van der Waals surface area (Å²) in [6, 6.07) is 67.6. The van der Waals surface area contributed by atoms with Crippen molar-refractivity contribution in [1.29, 1.82) is 0 Å². The van der Waals surface area contributed by atoms with Crippen molar-refractivity contribution in [1.82, 2.24) is 19.9 Å². The maximum absolute atomic E-state index is 5.46. The number of pyridine rings is 1. The van der Waals surface area contributed by atoms with E-state index in [2.05, 4.69) is 133 Å². The molecule has 2 aromatic heterocycles. The van der Waals surface area contributed by atoms with Crippen molar-refractivity contribution in [3.63, 3.8) is 0 Å². The Bertz CT molecular complexity index is 2900. The van der Waals surface area contributed by atoms with Gasteiger partial charge in [-0.2, -0.15) is 0 Å². The average Bonchev–Trinajstić information content (AvgIpc) is 3.26. The predicted molar refractivity (Wildman–Crippen MR) is 223 cm³/mol. The van der Waals surface area contributed by atoms with Crippen LogP contribution in [0.2, 0.25) is 0 Å². The minimum Gasteiger partial charge on any atom is -0.247 e. The summed E-state index contributed by atoms with van der Waals surface area (Å²) in [6.45, 7) is 0. The van der Waals surface area contributed by atoms with Crippen LogP contribution in [0.4, 0.5) is 0 Å². The minimum absolute atomic E-state index is 0.627. The second-order valence-electron chi connectivity index (χ2n) is 13.4. The molecule has 0 aliphatic carbocycles. The molecule has 2 heterocycles. The third-order valence-corrected chi connectivity index (χ3v) is 10.1. The highest BCUT2D eigenvalue weighted by molar-refractivity contribution is 6.16. The van der Waals surface area contributed by atoms with Crippen molar-refractivity contribution < 1.29 is 0 Å². The van der Waals surface area contributed by atoms with Gasteiger partial charge in [-0.15, -0.1) is 0 Å². The van der Waals surface area contributed by atoms with E-state index < -0.39 is 0 Å². The zero-order valence-corrected chi connectivity index (χ0v) is 29.3. The maximum atomic E-state index is 5.46. The van der Waals surface area contributed by atoms with Crippen LogP contribution in [0, 0.1) is 0 Å². The summed E-state index contributed by atoms with van der Waals surface area (Å²) in [6.07, 6.45) is 0. The van der Waals surface area contributed by atoms with Gasteiger partial charge in [-0.25, -0.2) is 19.9 Å². The highest BCUT2D eigenvalue weighted by Gasteiger charge is 2.18. The SMILES string of the molecule is c1ccc(-c2nc(-c3ccccc3)nc(-c3ccc(-c4cc(-c5cccc6ccccc56)nc5c4cc(-c4ccccc4)c4ccccc45)cc3)n2)cc1. The van der Waals surface area contributed by atoms with Crippen molar-refractivity contribution in [3.05, 3.63) is 194 Å². The van der Waals surface area contributed by atoms with E-state index in [-0.39, 0.29) is 0 Å². The number of rotatable bonds is 6. The summed E-state index contributed by atoms with van der Waals surface area (Å²) >= 11 is 0. The Hall–Kier alpha value is -7.30. The zero-order valence-electron chi connectivity index (χ0n) is 29.3. The first-order valence-electron chi connectivity index (χ1n) is 18.1. The second-order valence-corrected chi connectivity index (χ2v) is 13.4. The minimum atomic E-state index is 0.627. The largest absolute Gasteiger partial charge is 0.247 e. The van der Waals surface area contributed by atoms with Crippen LogP contribution >= 0.6 is 0 Å². The lowest BCUT2D eigenvalue weighted by Crippen LogP contribution is -2.00. The summed E-state index contributed by atoms with van der Waals surface area (Å²) in [5.41, 5.74) is 10.4. The lowest BCUT2D eigenvalue weighted by Gasteiger charge is -2.16. The molecule has 0 atom stereocenters. The Labute approximate surface area is 313 Å². The van der Waals surface area contributed by atoms with E-state index in [1.807, 2.05) is 60.7 Å². The number of nitrogens with zero attached hydrogens (tertiary/aromatic N) is 4. The molecule has 0 amide bonds. The van der Waals surface area contributed by atoms with Gasteiger partial charge in [0.2, 0.25) is 0 Å². The lowest BCUT2D eigenvalue weighted by atomic mass is 9.90. The molecule has 10 aromatic rings. The molecule has 0 fully saturated rings. The van der Waals surface area contributed by atoms with Gasteiger partial charge in [-0.3, -0.25) is 0 Å². The van der Waals surface area contributed by atoms with Crippen LogP contribution in [-0.2, 0) is 0 Å². The molecule has 0 bridgehead atoms. The Morgan fingerprint density at radius 3 is 1.33 bits per heavy atom. The van der Waals surface area contributed by atoms with Gasteiger partial charge in [0.25, 0.3) is 0 Å². The van der Waals surface area contributed by atoms with Crippen molar-refractivity contribution in [2.45, 2.75) is 0 Å². The van der Waals surface area contributed by atoms with E-state index in [1.54, 1.807) is 0 Å². The van der Waals surface area contributed by atoms with Crippen LogP contribution in [0.1, 0.15) is 0 Å². The first-order chi connectivity index (χ1) is 26.8. The van der Waals surface area contributed by atoms with Gasteiger partial charge in [0, 0.05) is 33.0 Å². The fourth-order valence-corrected chi connectivity index (χ4v) is 7.47. The summed E-state index contributed by atoms with van der Waals surface area (Å²) in [7, 11) is 0. The Morgan fingerprint density at radius 1 is 0.259 bits per heavy atom. The molecule has 0 aliphatic rings. The highest BCUT2D eigenvalue weighted by Crippen LogP contribution is 2.41. The monoisotopic (exact) mass is 688 g/mol. The molecule has 10 rings (SSSR count). The van der Waals surface area contributed by atoms with Gasteiger partial charge in [0.15, 0.2) is 17.5 Å². The van der Waals surface area contributed by atoms with Crippen LogP contribution in [0.3, 0.4) is 0 Å². The molecule has 252 valence electrons. The molecule has 4 nitrogen and oxygen atoms in total. The van der Waals surface area contributed by atoms with Gasteiger partial charge in [-0.05, 0) is 50.5 Å². The summed E-state index contributed by atoms with van der Waals surface area (Å²) in [5.74, 6) is 1.91. The predicted octanol–water partition coefficient (Wildman–Crippen LogP) is 12.7. The normalized spacial score (nSPS) is 11.3. The summed E-state index contributed by atoms with van der Waals surface area (Å²) in [5, 5.41) is 5.77. The van der Waals surface area contributed by atoms with Crippen LogP contribution in [0.25, 0.3) is 100 Å². The Morgan fingerprint density at radius 2 is 0.704 bits per heavy atom. The first-order valence-corrected chi connectivity index (χ1v) is 18.1. The molecule has 0 N–H and O–H groups in total. The number of aromatic nitrogens is 4. The highest BCUT2D eigenvalue weighted by atomic mass is 15.0. The number of benzene rings is 8. The lowest BCUT2D eigenvalue weighted by molar-refractivity contribution is 1.07. The van der Waals surface area contributed by atoms with Gasteiger partial charge < -0.3 is 0 Å². The molecule has 8 aromatic carbocycles. The third kappa shape index (κ3) is 5.67. The quantitative estimate of drug-likeness (QED) is 0.163. The first kappa shape index (κ1) is 31.4. The number of fused-ring (bicyclic) bond motifs is 4. The van der Waals surface area contributed by atoms with Crippen molar-refractivity contribution in [2.24, 2.45) is 0 Å². The molecule has 4 heteroatoms. The topological polar surface area (TPSA) is 51.6 Å². The molecule has 0 unspecified atom stereocenters. The van der Waals surface area contributed by atoms with Crippen molar-refractivity contribution >= 4 is 32.4 Å². The molecule has 0 saturated heterocycles. The third-order valence-electron chi connectivity index (χ3n) is 10.1. The molecule has 0 spiro atoms. The molecule has 0 aliphatic heterocycles. The van der Waals surface area contributed by atoms with Crippen molar-refractivity contribution in [2.75, 3.05) is 0 Å². The van der Waals surface area contributed by atoms with E-state index >= 15 is 0 Å². The van der Waals surface area contributed by atoms with Crippen LogP contribution in [0.5, 0.6) is 0 Å². The summed E-state index contributed by atoms with van der Waals surface area (Å²) < 4.78 is 0. The van der Waals surface area contributed by atoms with Crippen LogP contribution in [-0.4, -0.2) is 19.9 Å². The molecule has 0 saturated carbocycles. The van der Waals surface area contributed by atoms with Crippen molar-refractivity contribution in [3.8, 4) is 67.7 Å². The molecular formula is C50H32N4. The number of hydrogen-bond acceptors (Lipinski definition) is 4. The van der Waals surface area contributed by atoms with Crippen LogP contribution in [0.15, 0.2) is 194 Å². The van der Waals surface area contributed by atoms with E-state index in [0.717, 1.165) is 55.4 Å². The van der Waals surface area contributed by atoms with Gasteiger partial charge in [0.1, 0.15) is 0 Å². The molecule has 0 radical (unpaired) electrons. The molecular weight excluding hydrogens is 657 g/mol. The van der Waals surface area contributed by atoms with E-state index in [9.17, 15) is 0 Å².